The van der Waals surface area contributed by atoms with E-state index in [1.165, 1.54) is 25.3 Å². The summed E-state index contributed by atoms with van der Waals surface area (Å²) in [6, 6.07) is 12.7. The van der Waals surface area contributed by atoms with Crippen molar-refractivity contribution >= 4 is 22.2 Å². The zero-order valence-corrected chi connectivity index (χ0v) is 14.5. The van der Waals surface area contributed by atoms with Gasteiger partial charge < -0.3 is 14.6 Å². The molecule has 0 aliphatic carbocycles. The fourth-order valence-corrected chi connectivity index (χ4v) is 2.62. The lowest BCUT2D eigenvalue weighted by Gasteiger charge is -2.15. The maximum absolute atomic E-state index is 12.1. The maximum Gasteiger partial charge on any atom is 0.276 e. The van der Waals surface area contributed by atoms with E-state index >= 15 is 0 Å². The number of carboxylic acid groups (broad SMARTS) is 1. The molecule has 0 aromatic heterocycles. The standard InChI is InChI=1S/C17H18N2O5S/c1-12-3-9-16(10-4-12)25(22,23)19-18-11-14-5-7-15(8-6-14)24-13(2)17(20)21/h3-11,13,19H,1-2H3,(H,20,21)/p-1/b18-11-/t13-/m0/s1. The molecular formula is C17H17N2O5S-. The summed E-state index contributed by atoms with van der Waals surface area (Å²) in [5.74, 6) is -0.953. The van der Waals surface area contributed by atoms with Crippen molar-refractivity contribution in [2.24, 2.45) is 5.10 Å². The van der Waals surface area contributed by atoms with Crippen LogP contribution in [0.2, 0.25) is 0 Å². The van der Waals surface area contributed by atoms with Crippen LogP contribution in [-0.2, 0) is 14.8 Å². The molecule has 0 unspecified atom stereocenters. The van der Waals surface area contributed by atoms with Gasteiger partial charge in [0.05, 0.1) is 17.1 Å². The van der Waals surface area contributed by atoms with Gasteiger partial charge in [-0.05, 0) is 55.8 Å². The SMILES string of the molecule is Cc1ccc(S(=O)(=O)N/N=C\c2ccc(O[C@@H](C)C(=O)[O-])cc2)cc1. The normalized spacial score (nSPS) is 12.7. The summed E-state index contributed by atoms with van der Waals surface area (Å²) < 4.78 is 29.3. The predicted octanol–water partition coefficient (Wildman–Crippen LogP) is 0.825. The van der Waals surface area contributed by atoms with Crippen molar-refractivity contribution in [3.05, 3.63) is 59.7 Å². The average molecular weight is 361 g/mol. The molecule has 0 amide bonds. The highest BCUT2D eigenvalue weighted by Gasteiger charge is 2.11. The number of carbonyl (C=O) groups excluding carboxylic acids is 1. The Labute approximate surface area is 146 Å². The topological polar surface area (TPSA) is 108 Å². The van der Waals surface area contributed by atoms with Crippen LogP contribution in [-0.4, -0.2) is 26.7 Å². The molecule has 7 nitrogen and oxygen atoms in total. The smallest absolute Gasteiger partial charge is 0.276 e. The minimum absolute atomic E-state index is 0.121. The van der Waals surface area contributed by atoms with Crippen molar-refractivity contribution in [2.45, 2.75) is 24.8 Å². The van der Waals surface area contributed by atoms with E-state index in [2.05, 4.69) is 9.93 Å². The van der Waals surface area contributed by atoms with Crippen LogP contribution in [0.15, 0.2) is 58.5 Å². The van der Waals surface area contributed by atoms with Crippen LogP contribution in [0.3, 0.4) is 0 Å². The van der Waals surface area contributed by atoms with Gasteiger partial charge in [-0.15, -0.1) is 0 Å². The van der Waals surface area contributed by atoms with Crippen LogP contribution in [0.5, 0.6) is 5.75 Å². The third-order valence-corrected chi connectivity index (χ3v) is 4.48. The van der Waals surface area contributed by atoms with Gasteiger partial charge >= 0.3 is 0 Å². The van der Waals surface area contributed by atoms with Gasteiger partial charge in [0.25, 0.3) is 10.0 Å². The van der Waals surface area contributed by atoms with Gasteiger partial charge in [0.2, 0.25) is 0 Å². The van der Waals surface area contributed by atoms with Crippen LogP contribution >= 0.6 is 0 Å². The number of carbonyl (C=O) groups is 1. The second-order valence-electron chi connectivity index (χ2n) is 5.31. The highest BCUT2D eigenvalue weighted by molar-refractivity contribution is 7.89. The van der Waals surface area contributed by atoms with Crippen molar-refractivity contribution < 1.29 is 23.1 Å². The molecule has 8 heteroatoms. The molecular weight excluding hydrogens is 344 g/mol. The number of benzene rings is 2. The summed E-state index contributed by atoms with van der Waals surface area (Å²) in [7, 11) is -3.73. The van der Waals surface area contributed by atoms with E-state index in [9.17, 15) is 18.3 Å². The first kappa shape index (κ1) is 18.5. The largest absolute Gasteiger partial charge is 0.546 e. The summed E-state index contributed by atoms with van der Waals surface area (Å²) in [6.07, 6.45) is 0.262. The summed E-state index contributed by atoms with van der Waals surface area (Å²) in [5, 5.41) is 14.3. The van der Waals surface area contributed by atoms with Crippen molar-refractivity contribution in [3.8, 4) is 5.75 Å². The minimum atomic E-state index is -3.73. The van der Waals surface area contributed by atoms with E-state index < -0.39 is 22.1 Å². The molecule has 2 aromatic carbocycles. The molecule has 0 saturated heterocycles. The predicted molar refractivity (Wildman–Crippen MR) is 90.6 cm³/mol. The number of aryl methyl sites for hydroxylation is 1. The summed E-state index contributed by atoms with van der Waals surface area (Å²) in [5.41, 5.74) is 1.57. The Morgan fingerprint density at radius 2 is 1.76 bits per heavy atom. The van der Waals surface area contributed by atoms with Crippen LogP contribution in [0, 0.1) is 6.92 Å². The minimum Gasteiger partial charge on any atom is -0.546 e. The van der Waals surface area contributed by atoms with Crippen LogP contribution in [0.4, 0.5) is 0 Å². The Morgan fingerprint density at radius 3 is 2.32 bits per heavy atom. The number of nitrogens with zero attached hydrogens (tertiary/aromatic N) is 1. The zero-order valence-electron chi connectivity index (χ0n) is 13.7. The summed E-state index contributed by atoms with van der Waals surface area (Å²) in [6.45, 7) is 3.23. The Balaban J connectivity index is 1.99. The average Bonchev–Trinajstić information content (AvgIpc) is 2.56. The molecule has 25 heavy (non-hydrogen) atoms. The number of hydrogen-bond acceptors (Lipinski definition) is 6. The fourth-order valence-electron chi connectivity index (χ4n) is 1.83. The number of aliphatic carboxylic acids is 1. The lowest BCUT2D eigenvalue weighted by atomic mass is 10.2. The Hall–Kier alpha value is -2.87. The van der Waals surface area contributed by atoms with Gasteiger partial charge in [-0.2, -0.15) is 13.5 Å². The van der Waals surface area contributed by atoms with Gasteiger partial charge in [0.1, 0.15) is 11.9 Å². The second-order valence-corrected chi connectivity index (χ2v) is 6.97. The Morgan fingerprint density at radius 1 is 1.16 bits per heavy atom. The number of sulfonamides is 1. The lowest BCUT2D eigenvalue weighted by Crippen LogP contribution is -2.37. The van der Waals surface area contributed by atoms with E-state index in [0.29, 0.717) is 11.3 Å². The van der Waals surface area contributed by atoms with Gasteiger partial charge in [0.15, 0.2) is 0 Å². The number of hydrogen-bond donors (Lipinski definition) is 1. The molecule has 1 N–H and O–H groups in total. The van der Waals surface area contributed by atoms with E-state index in [4.69, 9.17) is 4.74 Å². The lowest BCUT2D eigenvalue weighted by molar-refractivity contribution is -0.312. The molecule has 1 atom stereocenters. The highest BCUT2D eigenvalue weighted by atomic mass is 32.2. The van der Waals surface area contributed by atoms with Gasteiger partial charge in [0, 0.05) is 0 Å². The van der Waals surface area contributed by atoms with Crippen LogP contribution in [0.25, 0.3) is 0 Å². The fraction of sp³-hybridized carbons (Fsp3) is 0.176. The van der Waals surface area contributed by atoms with E-state index in [1.54, 1.807) is 36.4 Å². The third kappa shape index (κ3) is 5.32. The first-order chi connectivity index (χ1) is 11.8. The third-order valence-electron chi connectivity index (χ3n) is 3.24. The molecule has 0 bridgehead atoms. The first-order valence-electron chi connectivity index (χ1n) is 7.37. The van der Waals surface area contributed by atoms with E-state index in [-0.39, 0.29) is 4.90 Å². The molecule has 2 aromatic rings. The van der Waals surface area contributed by atoms with Crippen LogP contribution < -0.4 is 14.7 Å². The first-order valence-corrected chi connectivity index (χ1v) is 8.85. The molecule has 0 aliphatic heterocycles. The number of carboxylic acids is 1. The van der Waals surface area contributed by atoms with Crippen molar-refractivity contribution in [3.63, 3.8) is 0 Å². The zero-order chi connectivity index (χ0) is 18.4. The van der Waals surface area contributed by atoms with Crippen molar-refractivity contribution in [2.75, 3.05) is 0 Å². The highest BCUT2D eigenvalue weighted by Crippen LogP contribution is 2.13. The van der Waals surface area contributed by atoms with E-state index in [0.717, 1.165) is 5.56 Å². The molecule has 2 rings (SSSR count). The molecule has 0 fully saturated rings. The molecule has 0 heterocycles. The number of hydrazone groups is 1. The summed E-state index contributed by atoms with van der Waals surface area (Å²) in [4.78, 5) is 12.9. The van der Waals surface area contributed by atoms with E-state index in [1.807, 2.05) is 6.92 Å². The molecule has 0 saturated carbocycles. The van der Waals surface area contributed by atoms with Crippen LogP contribution in [0.1, 0.15) is 18.1 Å². The number of ether oxygens (including phenoxy) is 1. The molecule has 0 spiro atoms. The van der Waals surface area contributed by atoms with Gasteiger partial charge in [-0.1, -0.05) is 17.7 Å². The Bertz CT molecular complexity index is 859. The van der Waals surface area contributed by atoms with Gasteiger partial charge in [-0.3, -0.25) is 0 Å². The second kappa shape index (κ2) is 7.80. The summed E-state index contributed by atoms with van der Waals surface area (Å²) >= 11 is 0. The van der Waals surface area contributed by atoms with Crippen molar-refractivity contribution in [1.82, 2.24) is 4.83 Å². The molecule has 0 aliphatic rings. The quantitative estimate of drug-likeness (QED) is 0.580. The number of nitrogens with one attached hydrogen (secondary N) is 1. The van der Waals surface area contributed by atoms with Crippen molar-refractivity contribution in [1.29, 1.82) is 0 Å². The Kier molecular flexibility index (Phi) is 5.76. The molecule has 0 radical (unpaired) electrons. The van der Waals surface area contributed by atoms with Gasteiger partial charge in [-0.25, -0.2) is 4.83 Å². The maximum atomic E-state index is 12.1. The number of rotatable bonds is 7. The monoisotopic (exact) mass is 361 g/mol. The molecule has 132 valence electrons.